The summed E-state index contributed by atoms with van der Waals surface area (Å²) in [6.45, 7) is 4.59. The Labute approximate surface area is 136 Å². The minimum atomic E-state index is -4.57. The maximum Gasteiger partial charge on any atom is 0.416 e. The molecule has 1 aliphatic rings. The Morgan fingerprint density at radius 1 is 1.00 bits per heavy atom. The fourth-order valence-electron chi connectivity index (χ4n) is 2.30. The molecule has 0 radical (unpaired) electrons. The zero-order valence-electron chi connectivity index (χ0n) is 13.5. The van der Waals surface area contributed by atoms with Crippen molar-refractivity contribution in [3.05, 3.63) is 35.4 Å². The highest BCUT2D eigenvalue weighted by Crippen LogP contribution is 2.42. The van der Waals surface area contributed by atoms with Gasteiger partial charge in [0.15, 0.2) is 0 Å². The Hall–Kier alpha value is -1.86. The van der Waals surface area contributed by atoms with Crippen LogP contribution >= 0.6 is 0 Å². The first kappa shape index (κ1) is 18.5. The van der Waals surface area contributed by atoms with E-state index in [2.05, 4.69) is 0 Å². The number of carbonyl (C=O) groups is 1. The van der Waals surface area contributed by atoms with Gasteiger partial charge in [-0.3, -0.25) is 0 Å². The van der Waals surface area contributed by atoms with Gasteiger partial charge in [0.2, 0.25) is 0 Å². The maximum absolute atomic E-state index is 14.3. The molecule has 0 atom stereocenters. The average Bonchev–Trinajstić information content (AvgIpc) is 2.33. The lowest BCUT2D eigenvalue weighted by atomic mass is 9.88. The Bertz CT molecular complexity index is 598. The van der Waals surface area contributed by atoms with Gasteiger partial charge in [0.05, 0.1) is 11.5 Å². The number of likely N-dealkylation sites (tertiary alicyclic amines) is 1. The average molecular weight is 351 g/mol. The van der Waals surface area contributed by atoms with E-state index >= 15 is 0 Å². The fourth-order valence-corrected chi connectivity index (χ4v) is 2.30. The van der Waals surface area contributed by atoms with Gasteiger partial charge in [0, 0.05) is 18.7 Å². The summed E-state index contributed by atoms with van der Waals surface area (Å²) >= 11 is 0. The van der Waals surface area contributed by atoms with Gasteiger partial charge in [0.1, 0.15) is 5.60 Å². The molecule has 0 aliphatic carbocycles. The van der Waals surface area contributed by atoms with Crippen LogP contribution in [0.25, 0.3) is 0 Å². The molecule has 1 aromatic rings. The van der Waals surface area contributed by atoms with E-state index in [1.54, 1.807) is 20.8 Å². The monoisotopic (exact) mass is 351 g/mol. The molecule has 1 aromatic carbocycles. The summed E-state index contributed by atoms with van der Waals surface area (Å²) in [5, 5.41) is 0. The molecule has 0 unspecified atom stereocenters. The first-order chi connectivity index (χ1) is 10.8. The number of hydrogen-bond donors (Lipinski definition) is 0. The minimum Gasteiger partial charge on any atom is -0.444 e. The van der Waals surface area contributed by atoms with Crippen molar-refractivity contribution in [3.8, 4) is 0 Å². The van der Waals surface area contributed by atoms with E-state index in [1.165, 1.54) is 0 Å². The number of amides is 1. The Morgan fingerprint density at radius 2 is 1.46 bits per heavy atom. The number of benzene rings is 1. The van der Waals surface area contributed by atoms with Gasteiger partial charge in [0.25, 0.3) is 5.92 Å². The van der Waals surface area contributed by atoms with Gasteiger partial charge < -0.3 is 9.64 Å². The van der Waals surface area contributed by atoms with Crippen molar-refractivity contribution < 1.29 is 31.5 Å². The third-order valence-corrected chi connectivity index (χ3v) is 3.64. The highest BCUT2D eigenvalue weighted by atomic mass is 19.4. The summed E-state index contributed by atoms with van der Waals surface area (Å²) in [4.78, 5) is 12.9. The molecule has 1 heterocycles. The van der Waals surface area contributed by atoms with E-state index in [9.17, 15) is 26.7 Å². The number of nitrogens with zero attached hydrogens (tertiary/aromatic N) is 1. The number of alkyl halides is 5. The quantitative estimate of drug-likeness (QED) is 0.725. The molecule has 0 N–H and O–H groups in total. The molecule has 1 amide bonds. The van der Waals surface area contributed by atoms with Gasteiger partial charge in [-0.05, 0) is 32.9 Å². The van der Waals surface area contributed by atoms with Crippen molar-refractivity contribution >= 4 is 6.09 Å². The zero-order chi connectivity index (χ0) is 18.3. The molecule has 0 aromatic heterocycles. The smallest absolute Gasteiger partial charge is 0.416 e. The van der Waals surface area contributed by atoms with Crippen LogP contribution < -0.4 is 0 Å². The molecule has 24 heavy (non-hydrogen) atoms. The summed E-state index contributed by atoms with van der Waals surface area (Å²) in [7, 11) is 0. The van der Waals surface area contributed by atoms with Crippen molar-refractivity contribution in [1.29, 1.82) is 0 Å². The predicted octanol–water partition coefficient (Wildman–Crippen LogP) is 4.66. The second-order valence-corrected chi connectivity index (χ2v) is 6.78. The van der Waals surface area contributed by atoms with Crippen LogP contribution in [0, 0.1) is 5.92 Å². The van der Waals surface area contributed by atoms with Crippen LogP contribution in [0.5, 0.6) is 0 Å². The van der Waals surface area contributed by atoms with E-state index in [-0.39, 0.29) is 13.1 Å². The van der Waals surface area contributed by atoms with Crippen LogP contribution in [-0.4, -0.2) is 29.7 Å². The molecule has 1 saturated heterocycles. The largest absolute Gasteiger partial charge is 0.444 e. The first-order valence-electron chi connectivity index (χ1n) is 7.34. The predicted molar refractivity (Wildman–Crippen MR) is 76.6 cm³/mol. The molecule has 0 spiro atoms. The van der Waals surface area contributed by atoms with Gasteiger partial charge in [-0.15, -0.1) is 0 Å². The van der Waals surface area contributed by atoms with Crippen LogP contribution in [0.1, 0.15) is 31.9 Å². The van der Waals surface area contributed by atoms with Crippen molar-refractivity contribution in [3.63, 3.8) is 0 Å². The van der Waals surface area contributed by atoms with Crippen molar-refractivity contribution in [1.82, 2.24) is 4.90 Å². The van der Waals surface area contributed by atoms with Crippen LogP contribution in [0.15, 0.2) is 24.3 Å². The molecule has 3 nitrogen and oxygen atoms in total. The van der Waals surface area contributed by atoms with Crippen molar-refractivity contribution in [2.75, 3.05) is 13.1 Å². The van der Waals surface area contributed by atoms with Crippen molar-refractivity contribution in [2.24, 2.45) is 5.92 Å². The van der Waals surface area contributed by atoms with E-state index < -0.39 is 40.8 Å². The lowest BCUT2D eigenvalue weighted by Crippen LogP contribution is -2.56. The van der Waals surface area contributed by atoms with Gasteiger partial charge >= 0.3 is 12.3 Å². The third-order valence-electron chi connectivity index (χ3n) is 3.64. The topological polar surface area (TPSA) is 29.5 Å². The molecule has 1 aliphatic heterocycles. The highest BCUT2D eigenvalue weighted by molar-refractivity contribution is 5.69. The zero-order valence-corrected chi connectivity index (χ0v) is 13.5. The Kier molecular flexibility index (Phi) is 4.54. The summed E-state index contributed by atoms with van der Waals surface area (Å²) in [5.41, 5.74) is -2.20. The molecule has 2 rings (SSSR count). The standard InChI is InChI=1S/C16H18F5NO2/c1-14(2,3)24-13(23)22-8-12(9-22)15(17,18)10-4-6-11(7-5-10)16(19,20)21/h4-7,12H,8-9H2,1-3H3. The van der Waals surface area contributed by atoms with E-state index in [0.29, 0.717) is 12.1 Å². The third kappa shape index (κ3) is 3.96. The normalized spacial score (nSPS) is 16.8. The van der Waals surface area contributed by atoms with Gasteiger partial charge in [-0.25, -0.2) is 13.6 Å². The number of hydrogen-bond acceptors (Lipinski definition) is 2. The van der Waals surface area contributed by atoms with Crippen LogP contribution in [0.2, 0.25) is 0 Å². The number of carbonyl (C=O) groups excluding carboxylic acids is 1. The Balaban J connectivity index is 2.01. The van der Waals surface area contributed by atoms with Gasteiger partial charge in [-0.1, -0.05) is 12.1 Å². The fraction of sp³-hybridized carbons (Fsp3) is 0.562. The first-order valence-corrected chi connectivity index (χ1v) is 7.34. The lowest BCUT2D eigenvalue weighted by Gasteiger charge is -2.43. The Morgan fingerprint density at radius 3 is 1.88 bits per heavy atom. The number of ether oxygens (including phenoxy) is 1. The maximum atomic E-state index is 14.3. The van der Waals surface area contributed by atoms with Crippen LogP contribution in [0.4, 0.5) is 26.7 Å². The van der Waals surface area contributed by atoms with E-state index in [4.69, 9.17) is 4.74 Å². The molecular weight excluding hydrogens is 333 g/mol. The lowest BCUT2D eigenvalue weighted by molar-refractivity contribution is -0.138. The van der Waals surface area contributed by atoms with Crippen LogP contribution in [-0.2, 0) is 16.8 Å². The van der Waals surface area contributed by atoms with Gasteiger partial charge in [-0.2, -0.15) is 13.2 Å². The molecule has 0 saturated carbocycles. The highest BCUT2D eigenvalue weighted by Gasteiger charge is 2.50. The second-order valence-electron chi connectivity index (χ2n) is 6.78. The summed E-state index contributed by atoms with van der Waals surface area (Å²) in [5.74, 6) is -4.47. The SMILES string of the molecule is CC(C)(C)OC(=O)N1CC(C(F)(F)c2ccc(C(F)(F)F)cc2)C1. The van der Waals surface area contributed by atoms with E-state index in [1.807, 2.05) is 0 Å². The molecule has 134 valence electrons. The van der Waals surface area contributed by atoms with Crippen molar-refractivity contribution in [2.45, 2.75) is 38.5 Å². The number of halogens is 5. The summed E-state index contributed by atoms with van der Waals surface area (Å²) in [6.07, 6.45) is -5.25. The molecular formula is C16H18F5NO2. The van der Waals surface area contributed by atoms with E-state index in [0.717, 1.165) is 17.0 Å². The summed E-state index contributed by atoms with van der Waals surface area (Å²) in [6, 6.07) is 2.82. The molecule has 8 heteroatoms. The minimum absolute atomic E-state index is 0.205. The summed E-state index contributed by atoms with van der Waals surface area (Å²) < 4.78 is 71.2. The molecule has 0 bridgehead atoms. The molecule has 1 fully saturated rings. The number of rotatable bonds is 2. The van der Waals surface area contributed by atoms with Crippen LogP contribution in [0.3, 0.4) is 0 Å². The second kappa shape index (κ2) is 5.89.